The molecule has 4 fully saturated rings. The first-order chi connectivity index (χ1) is 9.26. The predicted molar refractivity (Wildman–Crippen MR) is 79.1 cm³/mol. The molecule has 4 rings (SSSR count). The zero-order chi connectivity index (χ0) is 15.3. The summed E-state index contributed by atoms with van der Waals surface area (Å²) in [4.78, 5) is 9.00. The summed E-state index contributed by atoms with van der Waals surface area (Å²) in [7, 11) is 14.9. The normalized spacial score (nSPS) is 37.2. The molecule has 20 heavy (non-hydrogen) atoms. The van der Waals surface area contributed by atoms with Crippen LogP contribution in [0.15, 0.2) is 0 Å². The van der Waals surface area contributed by atoms with Crippen LogP contribution in [0, 0.1) is 17.8 Å². The van der Waals surface area contributed by atoms with Crippen molar-refractivity contribution in [2.24, 2.45) is 23.6 Å². The van der Waals surface area contributed by atoms with Gasteiger partial charge in [-0.1, -0.05) is 0 Å². The van der Waals surface area contributed by atoms with Crippen LogP contribution in [0.2, 0.25) is 0 Å². The first kappa shape index (κ1) is 19.0. The number of rotatable bonds is 1. The Morgan fingerprint density at radius 3 is 1.60 bits per heavy atom. The molecule has 4 aliphatic carbocycles. The van der Waals surface area contributed by atoms with E-state index in [4.69, 9.17) is 44.0 Å². The van der Waals surface area contributed by atoms with Gasteiger partial charge < -0.3 is 5.11 Å². The second-order valence-electron chi connectivity index (χ2n) is 6.00. The van der Waals surface area contributed by atoms with Crippen molar-refractivity contribution < 1.29 is 24.1 Å². The first-order valence-electron chi connectivity index (χ1n) is 6.56. The molecule has 0 heterocycles. The van der Waals surface area contributed by atoms with Gasteiger partial charge in [-0.25, -0.2) is 0 Å². The van der Waals surface area contributed by atoms with E-state index >= 15 is 0 Å². The second kappa shape index (κ2) is 8.55. The Morgan fingerprint density at radius 1 is 1.15 bits per heavy atom. The van der Waals surface area contributed by atoms with Crippen molar-refractivity contribution in [3.05, 3.63) is 0 Å². The Morgan fingerprint density at radius 2 is 1.40 bits per heavy atom. The SMILES string of the molecule is CC(=O)O.NNC12CC3CC(CC(C3)C1)C2.[Cl][Pt]([Cl])[Cl]. The number of nitrogens with one attached hydrogen (secondary N) is 1. The minimum atomic E-state index is -1.85. The number of nitrogens with two attached hydrogens (primary N) is 1. The topological polar surface area (TPSA) is 75.3 Å². The molecule has 4 saturated carbocycles. The van der Waals surface area contributed by atoms with Gasteiger partial charge in [-0.3, -0.25) is 16.1 Å². The maximum atomic E-state index is 9.00. The van der Waals surface area contributed by atoms with Gasteiger partial charge in [0.15, 0.2) is 0 Å². The predicted octanol–water partition coefficient (Wildman–Crippen LogP) is 3.58. The van der Waals surface area contributed by atoms with E-state index < -0.39 is 20.2 Å². The van der Waals surface area contributed by atoms with Gasteiger partial charge >= 0.3 is 42.4 Å². The summed E-state index contributed by atoms with van der Waals surface area (Å²) in [6, 6.07) is 0. The summed E-state index contributed by atoms with van der Waals surface area (Å²) < 4.78 is 0. The fourth-order valence-electron chi connectivity index (χ4n) is 4.29. The number of hydrogen-bond donors (Lipinski definition) is 3. The fraction of sp³-hybridized carbons (Fsp3) is 0.917. The van der Waals surface area contributed by atoms with Crippen LogP contribution in [0.1, 0.15) is 45.4 Å². The fourth-order valence-corrected chi connectivity index (χ4v) is 4.29. The average molecular weight is 528 g/mol. The van der Waals surface area contributed by atoms with Crippen molar-refractivity contribution in [2.45, 2.75) is 51.0 Å². The Bertz CT molecular complexity index is 290. The van der Waals surface area contributed by atoms with E-state index in [1.807, 2.05) is 0 Å². The van der Waals surface area contributed by atoms with E-state index in [2.05, 4.69) is 5.43 Å². The van der Waals surface area contributed by atoms with Gasteiger partial charge in [-0.15, -0.1) is 0 Å². The number of hydrazine groups is 1. The summed E-state index contributed by atoms with van der Waals surface area (Å²) in [5.74, 6) is 7.86. The van der Waals surface area contributed by atoms with Gasteiger partial charge in [0.1, 0.15) is 0 Å². The molecular weight excluding hydrogens is 506 g/mol. The quantitative estimate of drug-likeness (QED) is 0.360. The molecule has 8 heteroatoms. The third kappa shape index (κ3) is 6.37. The van der Waals surface area contributed by atoms with Crippen LogP contribution in [0.4, 0.5) is 0 Å². The molecular formula is C12H22Cl3N2O2Pt. The monoisotopic (exact) mass is 526 g/mol. The maximum absolute atomic E-state index is 9.00. The van der Waals surface area contributed by atoms with Crippen LogP contribution in [0.3, 0.4) is 0 Å². The number of hydrogen-bond acceptors (Lipinski definition) is 3. The number of carboxylic acids is 1. The van der Waals surface area contributed by atoms with Crippen LogP contribution in [0.25, 0.3) is 0 Å². The summed E-state index contributed by atoms with van der Waals surface area (Å²) in [5, 5.41) is 7.42. The molecule has 4 aliphatic rings. The molecule has 4 bridgehead atoms. The van der Waals surface area contributed by atoms with Crippen LogP contribution in [-0.4, -0.2) is 16.6 Å². The Hall–Kier alpha value is 0.948. The average Bonchev–Trinajstić information content (AvgIpc) is 2.25. The molecule has 0 atom stereocenters. The van der Waals surface area contributed by atoms with Crippen molar-refractivity contribution in [3.63, 3.8) is 0 Å². The number of halogens is 3. The molecule has 0 aromatic carbocycles. The van der Waals surface area contributed by atoms with Crippen LogP contribution >= 0.6 is 28.3 Å². The zero-order valence-corrected chi connectivity index (χ0v) is 15.9. The van der Waals surface area contributed by atoms with E-state index in [9.17, 15) is 0 Å². The molecule has 0 unspecified atom stereocenters. The van der Waals surface area contributed by atoms with E-state index in [0.29, 0.717) is 5.54 Å². The Balaban J connectivity index is 0.000000212. The molecule has 4 N–H and O–H groups in total. The van der Waals surface area contributed by atoms with Crippen LogP contribution in [0.5, 0.6) is 0 Å². The Kier molecular flexibility index (Phi) is 8.12. The third-order valence-electron chi connectivity index (χ3n) is 4.34. The van der Waals surface area contributed by atoms with E-state index in [-0.39, 0.29) is 0 Å². The standard InChI is InChI=1S/C10H18N2.C2H4O2.3ClH.Pt/c11-12-10-4-7-1-8(5-10)3-9(2-7)6-10;1-2(3)4;;;;/h7-9,12H,1-6,11H2;1H3,(H,3,4);3*1H;/q;;;;;+3/p-3. The van der Waals surface area contributed by atoms with Gasteiger partial charge in [-0.2, -0.15) is 0 Å². The first-order valence-corrected chi connectivity index (χ1v) is 15.0. The molecule has 0 aliphatic heterocycles. The second-order valence-corrected chi connectivity index (χ2v) is 15.8. The molecule has 123 valence electrons. The summed E-state index contributed by atoms with van der Waals surface area (Å²) in [5.41, 5.74) is 3.48. The molecule has 0 aromatic heterocycles. The van der Waals surface area contributed by atoms with Crippen molar-refractivity contribution in [2.75, 3.05) is 0 Å². The van der Waals surface area contributed by atoms with Crippen molar-refractivity contribution in [3.8, 4) is 0 Å². The zero-order valence-electron chi connectivity index (χ0n) is 11.4. The van der Waals surface area contributed by atoms with Gasteiger partial charge in [0.2, 0.25) is 0 Å². The van der Waals surface area contributed by atoms with Gasteiger partial charge in [0.25, 0.3) is 5.97 Å². The van der Waals surface area contributed by atoms with Crippen molar-refractivity contribution >= 4 is 34.2 Å². The van der Waals surface area contributed by atoms with E-state index in [0.717, 1.165) is 24.7 Å². The van der Waals surface area contributed by atoms with Crippen molar-refractivity contribution in [1.29, 1.82) is 0 Å². The molecule has 0 saturated heterocycles. The number of carbonyl (C=O) groups is 1. The molecule has 0 amide bonds. The van der Waals surface area contributed by atoms with Gasteiger partial charge in [0, 0.05) is 12.5 Å². The third-order valence-corrected chi connectivity index (χ3v) is 4.34. The summed E-state index contributed by atoms with van der Waals surface area (Å²) in [6.45, 7) is 1.08. The summed E-state index contributed by atoms with van der Waals surface area (Å²) >= 11 is -1.85. The summed E-state index contributed by atoms with van der Waals surface area (Å²) in [6.07, 6.45) is 8.57. The number of aliphatic carboxylic acids is 1. The van der Waals surface area contributed by atoms with Crippen LogP contribution < -0.4 is 11.3 Å². The van der Waals surface area contributed by atoms with E-state index in [1.54, 1.807) is 0 Å². The molecule has 4 nitrogen and oxygen atoms in total. The molecule has 0 radical (unpaired) electrons. The molecule has 0 aromatic rings. The van der Waals surface area contributed by atoms with Crippen molar-refractivity contribution in [1.82, 2.24) is 5.43 Å². The van der Waals surface area contributed by atoms with Crippen LogP contribution in [-0.2, 0) is 19.0 Å². The minimum absolute atomic E-state index is 0.370. The van der Waals surface area contributed by atoms with Gasteiger partial charge in [-0.05, 0) is 56.3 Å². The number of carboxylic acid groups (broad SMARTS) is 1. The van der Waals surface area contributed by atoms with Gasteiger partial charge in [0.05, 0.1) is 0 Å². The Labute approximate surface area is 138 Å². The van der Waals surface area contributed by atoms with E-state index in [1.165, 1.54) is 38.5 Å². The molecule has 0 spiro atoms.